The normalized spacial score (nSPS) is 14.0. The number of carbonyl (C=O) groups is 3. The standard InChI is InChI=1S/C22H20FN3O4/c23-15-5-7-16(8-6-15)24-20(27)14-26-13-18(17-3-1-2-4-19(17)26)21(28)22(29)25-9-11-30-12-10-25/h1-8,13H,9-12,14H2,(H,24,27). The molecule has 3 aromatic rings. The van der Waals surface area contributed by atoms with Crippen LogP contribution in [0.5, 0.6) is 0 Å². The number of morpholine rings is 1. The van der Waals surface area contributed by atoms with E-state index in [1.165, 1.54) is 35.4 Å². The number of nitrogens with one attached hydrogen (secondary N) is 1. The highest BCUT2D eigenvalue weighted by atomic mass is 19.1. The first kappa shape index (κ1) is 19.8. The number of Topliss-reactive ketones (excluding diaryl/α,β-unsaturated/α-hetero) is 1. The van der Waals surface area contributed by atoms with E-state index in [1.54, 1.807) is 28.8 Å². The second-order valence-corrected chi connectivity index (χ2v) is 6.98. The number of hydrogen-bond acceptors (Lipinski definition) is 4. The van der Waals surface area contributed by atoms with Crippen molar-refractivity contribution in [1.82, 2.24) is 9.47 Å². The molecule has 30 heavy (non-hydrogen) atoms. The fraction of sp³-hybridized carbons (Fsp3) is 0.227. The first-order valence-corrected chi connectivity index (χ1v) is 9.57. The molecule has 0 saturated carbocycles. The van der Waals surface area contributed by atoms with E-state index in [4.69, 9.17) is 4.74 Å². The van der Waals surface area contributed by atoms with Crippen LogP contribution >= 0.6 is 0 Å². The van der Waals surface area contributed by atoms with E-state index in [9.17, 15) is 18.8 Å². The molecule has 1 aliphatic heterocycles. The molecule has 154 valence electrons. The van der Waals surface area contributed by atoms with E-state index in [2.05, 4.69) is 5.32 Å². The van der Waals surface area contributed by atoms with Gasteiger partial charge in [0.05, 0.1) is 18.8 Å². The molecule has 1 saturated heterocycles. The molecule has 7 nitrogen and oxygen atoms in total. The highest BCUT2D eigenvalue weighted by molar-refractivity contribution is 6.44. The first-order valence-electron chi connectivity index (χ1n) is 9.57. The van der Waals surface area contributed by atoms with Gasteiger partial charge in [0.15, 0.2) is 0 Å². The Hall–Kier alpha value is -3.52. The summed E-state index contributed by atoms with van der Waals surface area (Å²) in [6.45, 7) is 1.51. The zero-order valence-electron chi connectivity index (χ0n) is 16.1. The third kappa shape index (κ3) is 4.08. The van der Waals surface area contributed by atoms with E-state index in [1.807, 2.05) is 0 Å². The number of anilines is 1. The second-order valence-electron chi connectivity index (χ2n) is 6.98. The van der Waals surface area contributed by atoms with Gasteiger partial charge in [0.1, 0.15) is 12.4 Å². The van der Waals surface area contributed by atoms with Crippen molar-refractivity contribution >= 4 is 34.2 Å². The minimum Gasteiger partial charge on any atom is -0.378 e. The molecule has 0 atom stereocenters. The van der Waals surface area contributed by atoms with Gasteiger partial charge < -0.3 is 19.5 Å². The number of fused-ring (bicyclic) bond motifs is 1. The Morgan fingerprint density at radius 3 is 2.43 bits per heavy atom. The molecule has 2 heterocycles. The molecule has 1 fully saturated rings. The number of ether oxygens (including phenoxy) is 1. The van der Waals surface area contributed by atoms with Gasteiger partial charge in [-0.3, -0.25) is 14.4 Å². The van der Waals surface area contributed by atoms with Gasteiger partial charge in [-0.15, -0.1) is 0 Å². The van der Waals surface area contributed by atoms with Gasteiger partial charge in [-0.2, -0.15) is 0 Å². The lowest BCUT2D eigenvalue weighted by Crippen LogP contribution is -2.44. The number of benzene rings is 2. The Morgan fingerprint density at radius 1 is 1.00 bits per heavy atom. The second kappa shape index (κ2) is 8.46. The summed E-state index contributed by atoms with van der Waals surface area (Å²) in [5.41, 5.74) is 1.40. The Kier molecular flexibility index (Phi) is 5.58. The van der Waals surface area contributed by atoms with Crippen LogP contribution < -0.4 is 5.32 Å². The van der Waals surface area contributed by atoms with E-state index in [0.29, 0.717) is 42.9 Å². The Labute approximate surface area is 172 Å². The molecular formula is C22H20FN3O4. The molecule has 1 aliphatic rings. The van der Waals surface area contributed by atoms with Crippen molar-refractivity contribution in [3.05, 3.63) is 66.1 Å². The largest absolute Gasteiger partial charge is 0.378 e. The number of ketones is 1. The van der Waals surface area contributed by atoms with E-state index >= 15 is 0 Å². The fourth-order valence-electron chi connectivity index (χ4n) is 3.47. The lowest BCUT2D eigenvalue weighted by molar-refractivity contribution is -0.130. The van der Waals surface area contributed by atoms with E-state index in [-0.39, 0.29) is 18.0 Å². The van der Waals surface area contributed by atoms with Crippen LogP contribution in [0, 0.1) is 5.82 Å². The summed E-state index contributed by atoms with van der Waals surface area (Å²) in [5, 5.41) is 3.30. The van der Waals surface area contributed by atoms with Gasteiger partial charge in [0.25, 0.3) is 11.7 Å². The number of para-hydroxylation sites is 1. The van der Waals surface area contributed by atoms with Crippen LogP contribution in [0.2, 0.25) is 0 Å². The van der Waals surface area contributed by atoms with Gasteiger partial charge in [0.2, 0.25) is 5.91 Å². The summed E-state index contributed by atoms with van der Waals surface area (Å²) < 4.78 is 19.9. The Morgan fingerprint density at radius 2 is 1.70 bits per heavy atom. The number of halogens is 1. The average molecular weight is 409 g/mol. The lowest BCUT2D eigenvalue weighted by Gasteiger charge is -2.25. The van der Waals surface area contributed by atoms with E-state index in [0.717, 1.165) is 0 Å². The topological polar surface area (TPSA) is 80.6 Å². The molecule has 8 heteroatoms. The van der Waals surface area contributed by atoms with Crippen molar-refractivity contribution in [3.8, 4) is 0 Å². The smallest absolute Gasteiger partial charge is 0.295 e. The molecule has 1 aromatic heterocycles. The van der Waals surface area contributed by atoms with Gasteiger partial charge in [-0.25, -0.2) is 4.39 Å². The summed E-state index contributed by atoms with van der Waals surface area (Å²) in [5.74, 6) is -1.90. The monoisotopic (exact) mass is 409 g/mol. The van der Waals surface area contributed by atoms with Crippen LogP contribution in [-0.2, 0) is 20.9 Å². The van der Waals surface area contributed by atoms with Crippen LogP contribution in [0.1, 0.15) is 10.4 Å². The predicted molar refractivity (Wildman–Crippen MR) is 109 cm³/mol. The number of hydrogen-bond donors (Lipinski definition) is 1. The number of amides is 2. The Bertz CT molecular complexity index is 1100. The van der Waals surface area contributed by atoms with E-state index < -0.39 is 17.5 Å². The molecule has 2 aromatic carbocycles. The third-order valence-corrected chi connectivity index (χ3v) is 4.97. The summed E-state index contributed by atoms with van der Waals surface area (Å²) in [6, 6.07) is 12.6. The van der Waals surface area contributed by atoms with Gasteiger partial charge in [-0.1, -0.05) is 18.2 Å². The third-order valence-electron chi connectivity index (χ3n) is 4.97. The lowest BCUT2D eigenvalue weighted by atomic mass is 10.1. The highest BCUT2D eigenvalue weighted by Gasteiger charge is 2.27. The van der Waals surface area contributed by atoms with Crippen LogP contribution in [-0.4, -0.2) is 53.4 Å². The molecular weight excluding hydrogens is 389 g/mol. The number of carbonyl (C=O) groups excluding carboxylic acids is 3. The fourth-order valence-corrected chi connectivity index (χ4v) is 3.47. The van der Waals surface area contributed by atoms with Crippen LogP contribution in [0.3, 0.4) is 0 Å². The quantitative estimate of drug-likeness (QED) is 0.519. The first-order chi connectivity index (χ1) is 14.5. The molecule has 0 aliphatic carbocycles. The molecule has 2 amide bonds. The molecule has 0 radical (unpaired) electrons. The minimum atomic E-state index is -0.606. The summed E-state index contributed by atoms with van der Waals surface area (Å²) in [6.07, 6.45) is 1.54. The van der Waals surface area contributed by atoms with Crippen LogP contribution in [0.4, 0.5) is 10.1 Å². The molecule has 1 N–H and O–H groups in total. The molecule has 0 unspecified atom stereocenters. The van der Waals surface area contributed by atoms with Crippen molar-refractivity contribution in [2.24, 2.45) is 0 Å². The van der Waals surface area contributed by atoms with Crippen LogP contribution in [0.25, 0.3) is 10.9 Å². The summed E-state index contributed by atoms with van der Waals surface area (Å²) in [7, 11) is 0. The molecule has 0 bridgehead atoms. The van der Waals surface area contributed by atoms with Crippen molar-refractivity contribution in [2.45, 2.75) is 6.54 Å². The number of rotatable bonds is 5. The molecule has 4 rings (SSSR count). The highest BCUT2D eigenvalue weighted by Crippen LogP contribution is 2.23. The zero-order chi connectivity index (χ0) is 21.1. The van der Waals surface area contributed by atoms with Crippen molar-refractivity contribution in [1.29, 1.82) is 0 Å². The maximum absolute atomic E-state index is 13.0. The van der Waals surface area contributed by atoms with Crippen molar-refractivity contribution < 1.29 is 23.5 Å². The summed E-state index contributed by atoms with van der Waals surface area (Å²) >= 11 is 0. The van der Waals surface area contributed by atoms with Gasteiger partial charge in [-0.05, 0) is 30.3 Å². The van der Waals surface area contributed by atoms with Gasteiger partial charge in [0, 0.05) is 35.9 Å². The number of aromatic nitrogens is 1. The van der Waals surface area contributed by atoms with Crippen molar-refractivity contribution in [3.63, 3.8) is 0 Å². The predicted octanol–water partition coefficient (Wildman–Crippen LogP) is 2.46. The summed E-state index contributed by atoms with van der Waals surface area (Å²) in [4.78, 5) is 39.5. The maximum atomic E-state index is 13.0. The average Bonchev–Trinajstić information content (AvgIpc) is 3.13. The minimum absolute atomic E-state index is 0.0586. The Balaban J connectivity index is 1.57. The maximum Gasteiger partial charge on any atom is 0.295 e. The van der Waals surface area contributed by atoms with Crippen LogP contribution in [0.15, 0.2) is 54.7 Å². The van der Waals surface area contributed by atoms with Crippen molar-refractivity contribution in [2.75, 3.05) is 31.6 Å². The SMILES string of the molecule is O=C(Cn1cc(C(=O)C(=O)N2CCOCC2)c2ccccc21)Nc1ccc(F)cc1. The number of nitrogens with zero attached hydrogens (tertiary/aromatic N) is 2. The molecule has 0 spiro atoms. The van der Waals surface area contributed by atoms with Gasteiger partial charge >= 0.3 is 0 Å². The zero-order valence-corrected chi connectivity index (χ0v) is 16.1.